The van der Waals surface area contributed by atoms with Gasteiger partial charge in [0.05, 0.1) is 26.9 Å². The first-order chi connectivity index (χ1) is 19.2. The molecule has 0 unspecified atom stereocenters. The summed E-state index contributed by atoms with van der Waals surface area (Å²) in [6.07, 6.45) is 0. The first-order valence-electron chi connectivity index (χ1n) is 12.6. The Labute approximate surface area is 237 Å². The highest BCUT2D eigenvalue weighted by atomic mass is 32.2. The fourth-order valence-corrected chi connectivity index (χ4v) is 5.05. The van der Waals surface area contributed by atoms with Crippen molar-refractivity contribution in [2.45, 2.75) is 18.7 Å². The summed E-state index contributed by atoms with van der Waals surface area (Å²) in [5.74, 6) is 0.621. The molecule has 1 aliphatic rings. The second kappa shape index (κ2) is 12.6. The molecule has 0 radical (unpaired) electrons. The molecule has 3 aromatic rings. The summed E-state index contributed by atoms with van der Waals surface area (Å²) in [7, 11) is 4.60. The predicted octanol–water partition coefficient (Wildman–Crippen LogP) is 5.41. The Balaban J connectivity index is 1.60. The highest BCUT2D eigenvalue weighted by Gasteiger charge is 2.39. The average Bonchev–Trinajstić information content (AvgIpc) is 3.16. The number of rotatable bonds is 11. The van der Waals surface area contributed by atoms with Crippen molar-refractivity contribution in [3.8, 4) is 17.2 Å². The number of benzene rings is 3. The summed E-state index contributed by atoms with van der Waals surface area (Å²) in [5.41, 5.74) is 1.72. The molecule has 0 bridgehead atoms. The number of amides is 3. The van der Waals surface area contributed by atoms with E-state index in [1.54, 1.807) is 67.8 Å². The van der Waals surface area contributed by atoms with Crippen molar-refractivity contribution in [1.29, 1.82) is 0 Å². The third-order valence-electron chi connectivity index (χ3n) is 6.00. The smallest absolute Gasteiger partial charge is 0.278 e. The van der Waals surface area contributed by atoms with E-state index in [9.17, 15) is 14.4 Å². The van der Waals surface area contributed by atoms with Crippen molar-refractivity contribution in [1.82, 2.24) is 4.90 Å². The van der Waals surface area contributed by atoms with Crippen molar-refractivity contribution in [3.63, 3.8) is 0 Å². The van der Waals surface area contributed by atoms with Gasteiger partial charge in [-0.3, -0.25) is 19.3 Å². The number of anilines is 2. The van der Waals surface area contributed by atoms with E-state index >= 15 is 0 Å². The van der Waals surface area contributed by atoms with Crippen LogP contribution < -0.4 is 24.8 Å². The van der Waals surface area contributed by atoms with Gasteiger partial charge in [0.1, 0.15) is 27.9 Å². The Bertz CT molecular complexity index is 1450. The molecule has 40 heavy (non-hydrogen) atoms. The highest BCUT2D eigenvalue weighted by Crippen LogP contribution is 2.37. The summed E-state index contributed by atoms with van der Waals surface area (Å²) in [4.78, 5) is 42.0. The molecule has 2 N–H and O–H groups in total. The zero-order valence-electron chi connectivity index (χ0n) is 22.9. The summed E-state index contributed by atoms with van der Waals surface area (Å²) in [6.45, 7) is 4.20. The largest absolute Gasteiger partial charge is 0.497 e. The van der Waals surface area contributed by atoms with E-state index in [1.165, 1.54) is 30.9 Å². The maximum absolute atomic E-state index is 13.4. The van der Waals surface area contributed by atoms with Crippen LogP contribution in [-0.4, -0.2) is 50.5 Å². The minimum absolute atomic E-state index is 0.105. The van der Waals surface area contributed by atoms with E-state index < -0.39 is 0 Å². The number of ether oxygens (including phenoxy) is 3. The third-order valence-corrected chi connectivity index (χ3v) is 7.07. The molecule has 3 amide bonds. The van der Waals surface area contributed by atoms with Crippen LogP contribution in [0.25, 0.3) is 0 Å². The van der Waals surface area contributed by atoms with Gasteiger partial charge in [0.2, 0.25) is 0 Å². The van der Waals surface area contributed by atoms with Crippen molar-refractivity contribution in [2.24, 2.45) is 5.92 Å². The molecule has 0 aliphatic carbocycles. The van der Waals surface area contributed by atoms with E-state index in [0.29, 0.717) is 45.6 Å². The van der Waals surface area contributed by atoms with E-state index in [2.05, 4.69) is 10.6 Å². The predicted molar refractivity (Wildman–Crippen MR) is 155 cm³/mol. The number of nitrogens with zero attached hydrogens (tertiary/aromatic N) is 1. The molecule has 1 heterocycles. The zero-order chi connectivity index (χ0) is 28.8. The Kier molecular flexibility index (Phi) is 9.00. The molecular weight excluding hydrogens is 530 g/mol. The summed E-state index contributed by atoms with van der Waals surface area (Å²) in [6, 6.07) is 19.1. The molecule has 0 saturated carbocycles. The number of hydrogen-bond donors (Lipinski definition) is 2. The monoisotopic (exact) mass is 561 g/mol. The Morgan fingerprint density at radius 2 is 1.55 bits per heavy atom. The van der Waals surface area contributed by atoms with Gasteiger partial charge in [-0.15, -0.1) is 0 Å². The van der Waals surface area contributed by atoms with E-state index in [-0.39, 0.29) is 34.2 Å². The van der Waals surface area contributed by atoms with E-state index in [4.69, 9.17) is 14.2 Å². The minimum atomic E-state index is -0.381. The first-order valence-corrected chi connectivity index (χ1v) is 13.4. The van der Waals surface area contributed by atoms with Crippen molar-refractivity contribution in [3.05, 3.63) is 82.9 Å². The summed E-state index contributed by atoms with van der Waals surface area (Å²) < 4.78 is 15.8. The lowest BCUT2D eigenvalue weighted by Gasteiger charge is -2.17. The van der Waals surface area contributed by atoms with Gasteiger partial charge >= 0.3 is 0 Å². The molecule has 0 aromatic heterocycles. The average molecular weight is 562 g/mol. The number of nitrogens with one attached hydrogen (secondary N) is 2. The number of imide groups is 1. The topological polar surface area (TPSA) is 106 Å². The fraction of sp³-hybridized carbons (Fsp3) is 0.233. The molecule has 0 spiro atoms. The Hall–Kier alpha value is -4.44. The van der Waals surface area contributed by atoms with Gasteiger partial charge in [0.15, 0.2) is 0 Å². The van der Waals surface area contributed by atoms with Crippen LogP contribution in [-0.2, 0) is 9.59 Å². The number of methoxy groups -OCH3 is 3. The Morgan fingerprint density at radius 3 is 2.20 bits per heavy atom. The van der Waals surface area contributed by atoms with Crippen LogP contribution in [0, 0.1) is 5.92 Å². The molecule has 9 nitrogen and oxygen atoms in total. The third kappa shape index (κ3) is 6.40. The van der Waals surface area contributed by atoms with Gasteiger partial charge in [-0.25, -0.2) is 0 Å². The number of hydrogen-bond acceptors (Lipinski definition) is 8. The highest BCUT2D eigenvalue weighted by molar-refractivity contribution is 8.04. The van der Waals surface area contributed by atoms with Crippen molar-refractivity contribution >= 4 is 40.9 Å². The lowest BCUT2D eigenvalue weighted by molar-refractivity contribution is -0.137. The number of carbonyl (C=O) groups is 3. The molecule has 10 heteroatoms. The van der Waals surface area contributed by atoms with Gasteiger partial charge in [-0.05, 0) is 60.5 Å². The van der Waals surface area contributed by atoms with Crippen LogP contribution in [0.4, 0.5) is 11.4 Å². The molecule has 0 fully saturated rings. The molecule has 0 saturated heterocycles. The van der Waals surface area contributed by atoms with Gasteiger partial charge in [0.25, 0.3) is 17.7 Å². The van der Waals surface area contributed by atoms with Gasteiger partial charge in [0, 0.05) is 28.9 Å². The van der Waals surface area contributed by atoms with Gasteiger partial charge in [-0.1, -0.05) is 31.7 Å². The maximum atomic E-state index is 13.4. The van der Waals surface area contributed by atoms with Crippen LogP contribution in [0.15, 0.2) is 82.2 Å². The van der Waals surface area contributed by atoms with Crippen LogP contribution in [0.5, 0.6) is 17.2 Å². The molecule has 0 atom stereocenters. The quantitative estimate of drug-likeness (QED) is 0.300. The van der Waals surface area contributed by atoms with Gasteiger partial charge in [-0.2, -0.15) is 0 Å². The van der Waals surface area contributed by atoms with Crippen LogP contribution >= 0.6 is 11.8 Å². The lowest BCUT2D eigenvalue weighted by atomic mass is 10.1. The molecule has 3 aromatic carbocycles. The van der Waals surface area contributed by atoms with Crippen molar-refractivity contribution in [2.75, 3.05) is 38.5 Å². The van der Waals surface area contributed by atoms with Gasteiger partial charge < -0.3 is 24.8 Å². The number of thioether (sulfide) groups is 1. The standard InChI is InChI=1S/C30H31N3O6S/c1-18(2)17-33-29(35)26(31-19-9-11-21(37-3)12-10-19)27(30(33)36)40-23-8-6-7-20(15-23)32-28(34)24-14-13-22(38-4)16-25(24)39-5/h6-16,18,31H,17H2,1-5H3,(H,32,34). The molecule has 4 rings (SSSR count). The SMILES string of the molecule is COc1ccc(NC2=C(Sc3cccc(NC(=O)c4ccc(OC)cc4OC)c3)C(=O)N(CC(C)C)C2=O)cc1. The van der Waals surface area contributed by atoms with E-state index in [1.807, 2.05) is 19.9 Å². The normalized spacial score (nSPS) is 13.1. The van der Waals surface area contributed by atoms with Crippen LogP contribution in [0.3, 0.4) is 0 Å². The molecule has 1 aliphatic heterocycles. The Morgan fingerprint density at radius 1 is 0.850 bits per heavy atom. The summed E-state index contributed by atoms with van der Waals surface area (Å²) in [5, 5.41) is 6.01. The molecule has 208 valence electrons. The van der Waals surface area contributed by atoms with Crippen LogP contribution in [0.2, 0.25) is 0 Å². The number of carbonyl (C=O) groups excluding carboxylic acids is 3. The van der Waals surface area contributed by atoms with Crippen molar-refractivity contribution < 1.29 is 28.6 Å². The second-order valence-electron chi connectivity index (χ2n) is 9.32. The van der Waals surface area contributed by atoms with Crippen LogP contribution in [0.1, 0.15) is 24.2 Å². The lowest BCUT2D eigenvalue weighted by Crippen LogP contribution is -2.35. The maximum Gasteiger partial charge on any atom is 0.278 e. The van der Waals surface area contributed by atoms with E-state index in [0.717, 1.165) is 0 Å². The minimum Gasteiger partial charge on any atom is -0.497 e. The second-order valence-corrected chi connectivity index (χ2v) is 10.4. The zero-order valence-corrected chi connectivity index (χ0v) is 23.8. The molecular formula is C30H31N3O6S. The summed E-state index contributed by atoms with van der Waals surface area (Å²) >= 11 is 1.17. The first kappa shape index (κ1) is 28.6. The fourth-order valence-electron chi connectivity index (χ4n) is 4.05.